The van der Waals surface area contributed by atoms with Gasteiger partial charge < -0.3 is 16.2 Å². The van der Waals surface area contributed by atoms with Crippen molar-refractivity contribution in [3.8, 4) is 0 Å². The van der Waals surface area contributed by atoms with Crippen molar-refractivity contribution in [2.45, 2.75) is 65.0 Å². The van der Waals surface area contributed by atoms with Crippen LogP contribution in [0.5, 0.6) is 0 Å². The monoisotopic (exact) mass is 284 g/mol. The van der Waals surface area contributed by atoms with Crippen LogP contribution in [0.2, 0.25) is 0 Å². The van der Waals surface area contributed by atoms with E-state index in [0.717, 1.165) is 12.8 Å². The van der Waals surface area contributed by atoms with E-state index in [1.54, 1.807) is 0 Å². The van der Waals surface area contributed by atoms with Crippen molar-refractivity contribution >= 4 is 11.9 Å². The molecule has 0 heterocycles. The molecule has 1 fully saturated rings. The van der Waals surface area contributed by atoms with Crippen LogP contribution in [-0.2, 0) is 14.3 Å². The molecule has 5 nitrogen and oxygen atoms in total. The van der Waals surface area contributed by atoms with Crippen LogP contribution < -0.4 is 11.5 Å². The highest BCUT2D eigenvalue weighted by molar-refractivity contribution is 5.78. The summed E-state index contributed by atoms with van der Waals surface area (Å²) in [7, 11) is 0. The first-order valence-electron chi connectivity index (χ1n) is 7.55. The number of carbonyl (C=O) groups is 2. The first kappa shape index (κ1) is 17.0. The maximum atomic E-state index is 12.0. The summed E-state index contributed by atoms with van der Waals surface area (Å²) >= 11 is 0. The summed E-state index contributed by atoms with van der Waals surface area (Å²) in [5.41, 5.74) is 10.8. The Morgan fingerprint density at radius 1 is 1.30 bits per heavy atom. The molecule has 0 spiro atoms. The van der Waals surface area contributed by atoms with Crippen molar-refractivity contribution in [1.82, 2.24) is 0 Å². The molecule has 1 amide bonds. The van der Waals surface area contributed by atoms with Crippen molar-refractivity contribution < 1.29 is 14.3 Å². The van der Waals surface area contributed by atoms with Crippen molar-refractivity contribution in [3.05, 3.63) is 0 Å². The van der Waals surface area contributed by atoms with Crippen molar-refractivity contribution in [2.75, 3.05) is 0 Å². The topological polar surface area (TPSA) is 95.4 Å². The van der Waals surface area contributed by atoms with Gasteiger partial charge in [-0.3, -0.25) is 9.59 Å². The fraction of sp³-hybridized carbons (Fsp3) is 0.867. The van der Waals surface area contributed by atoms with Gasteiger partial charge in [-0.25, -0.2) is 0 Å². The number of esters is 1. The molecule has 1 aliphatic rings. The van der Waals surface area contributed by atoms with Crippen molar-refractivity contribution in [3.63, 3.8) is 0 Å². The lowest BCUT2D eigenvalue weighted by Gasteiger charge is -2.37. The molecule has 1 aliphatic carbocycles. The van der Waals surface area contributed by atoms with Crippen LogP contribution in [0.4, 0.5) is 0 Å². The van der Waals surface area contributed by atoms with Gasteiger partial charge in [0, 0.05) is 6.42 Å². The van der Waals surface area contributed by atoms with Gasteiger partial charge in [-0.1, -0.05) is 27.2 Å². The van der Waals surface area contributed by atoms with E-state index in [-0.39, 0.29) is 18.9 Å². The summed E-state index contributed by atoms with van der Waals surface area (Å²) in [6.07, 6.45) is 3.49. The van der Waals surface area contributed by atoms with E-state index in [1.807, 2.05) is 0 Å². The van der Waals surface area contributed by atoms with Crippen LogP contribution in [-0.4, -0.2) is 24.0 Å². The Morgan fingerprint density at radius 2 is 1.95 bits per heavy atom. The number of ether oxygens (including phenoxy) is 1. The second kappa shape index (κ2) is 7.62. The van der Waals surface area contributed by atoms with E-state index >= 15 is 0 Å². The van der Waals surface area contributed by atoms with Gasteiger partial charge in [0.05, 0.1) is 0 Å². The minimum Gasteiger partial charge on any atom is -0.461 e. The predicted octanol–water partition coefficient (Wildman–Crippen LogP) is 1.58. The van der Waals surface area contributed by atoms with E-state index in [0.29, 0.717) is 17.8 Å². The molecule has 20 heavy (non-hydrogen) atoms. The third-order valence-electron chi connectivity index (χ3n) is 4.23. The molecule has 5 heteroatoms. The van der Waals surface area contributed by atoms with Gasteiger partial charge in [0.15, 0.2) is 0 Å². The highest BCUT2D eigenvalue weighted by Crippen LogP contribution is 2.35. The molecule has 4 N–H and O–H groups in total. The quantitative estimate of drug-likeness (QED) is 0.724. The van der Waals surface area contributed by atoms with Crippen molar-refractivity contribution in [1.29, 1.82) is 0 Å². The molecular formula is C15H28N2O3. The molecule has 116 valence electrons. The van der Waals surface area contributed by atoms with Crippen LogP contribution in [0.3, 0.4) is 0 Å². The Labute approximate surface area is 121 Å². The number of carbonyl (C=O) groups excluding carboxylic acids is 2. The largest absolute Gasteiger partial charge is 0.461 e. The van der Waals surface area contributed by atoms with E-state index in [1.165, 1.54) is 6.42 Å². The van der Waals surface area contributed by atoms with Crippen LogP contribution in [0.15, 0.2) is 0 Å². The van der Waals surface area contributed by atoms with E-state index < -0.39 is 17.9 Å². The van der Waals surface area contributed by atoms with Gasteiger partial charge >= 0.3 is 5.97 Å². The Balaban J connectivity index is 2.54. The second-order valence-corrected chi connectivity index (χ2v) is 6.41. The molecule has 0 radical (unpaired) electrons. The fourth-order valence-corrected chi connectivity index (χ4v) is 2.90. The normalized spacial score (nSPS) is 28.1. The molecular weight excluding hydrogens is 256 g/mol. The molecule has 0 aromatic carbocycles. The zero-order valence-corrected chi connectivity index (χ0v) is 12.8. The summed E-state index contributed by atoms with van der Waals surface area (Å²) in [5.74, 6) is 0.612. The summed E-state index contributed by atoms with van der Waals surface area (Å²) in [4.78, 5) is 22.7. The highest BCUT2D eigenvalue weighted by atomic mass is 16.5. The molecule has 0 saturated heterocycles. The van der Waals surface area contributed by atoms with Gasteiger partial charge in [0.2, 0.25) is 5.91 Å². The Morgan fingerprint density at radius 3 is 2.50 bits per heavy atom. The minimum absolute atomic E-state index is 0.0501. The van der Waals surface area contributed by atoms with Crippen LogP contribution >= 0.6 is 0 Å². The lowest BCUT2D eigenvalue weighted by atomic mass is 9.75. The van der Waals surface area contributed by atoms with Gasteiger partial charge in [-0.05, 0) is 37.0 Å². The standard InChI is InChI=1S/C15H28N2O3/c1-9(2)11-5-4-10(3)8-13(11)20-15(19)12(16)6-7-14(17)18/h9-13H,4-8,16H2,1-3H3,(H2,17,18)/t10?,11?,12-,13?/m0/s1. The molecule has 0 bridgehead atoms. The van der Waals surface area contributed by atoms with Gasteiger partial charge in [-0.15, -0.1) is 0 Å². The fourth-order valence-electron chi connectivity index (χ4n) is 2.90. The highest BCUT2D eigenvalue weighted by Gasteiger charge is 2.34. The number of rotatable bonds is 6. The molecule has 1 rings (SSSR count). The predicted molar refractivity (Wildman–Crippen MR) is 77.6 cm³/mol. The first-order valence-corrected chi connectivity index (χ1v) is 7.55. The van der Waals surface area contributed by atoms with E-state index in [2.05, 4.69) is 20.8 Å². The number of amides is 1. The summed E-state index contributed by atoms with van der Waals surface area (Å²) in [6.45, 7) is 6.51. The van der Waals surface area contributed by atoms with Crippen molar-refractivity contribution in [2.24, 2.45) is 29.2 Å². The van der Waals surface area contributed by atoms with Crippen LogP contribution in [0.1, 0.15) is 52.9 Å². The maximum absolute atomic E-state index is 12.0. The first-order chi connectivity index (χ1) is 9.31. The molecule has 0 aromatic heterocycles. The lowest BCUT2D eigenvalue weighted by molar-refractivity contribution is -0.157. The second-order valence-electron chi connectivity index (χ2n) is 6.41. The third kappa shape index (κ3) is 5.12. The number of hydrogen-bond acceptors (Lipinski definition) is 4. The SMILES string of the molecule is CC1CCC(C(C)C)C(OC(=O)[C@@H](N)CCC(N)=O)C1. The third-order valence-corrected chi connectivity index (χ3v) is 4.23. The molecule has 1 saturated carbocycles. The van der Waals surface area contributed by atoms with Gasteiger partial charge in [0.1, 0.15) is 12.1 Å². The zero-order chi connectivity index (χ0) is 15.3. The van der Waals surface area contributed by atoms with E-state index in [4.69, 9.17) is 16.2 Å². The van der Waals surface area contributed by atoms with Crippen LogP contribution in [0.25, 0.3) is 0 Å². The average Bonchev–Trinajstić information content (AvgIpc) is 2.35. The Kier molecular flexibility index (Phi) is 6.46. The summed E-state index contributed by atoms with van der Waals surface area (Å²) in [5, 5.41) is 0. The van der Waals surface area contributed by atoms with Gasteiger partial charge in [0.25, 0.3) is 0 Å². The van der Waals surface area contributed by atoms with Gasteiger partial charge in [-0.2, -0.15) is 0 Å². The average molecular weight is 284 g/mol. The number of nitrogens with two attached hydrogens (primary N) is 2. The summed E-state index contributed by atoms with van der Waals surface area (Å²) < 4.78 is 5.61. The number of primary amides is 1. The van der Waals surface area contributed by atoms with E-state index in [9.17, 15) is 9.59 Å². The minimum atomic E-state index is -0.757. The number of hydrogen-bond donors (Lipinski definition) is 2. The smallest absolute Gasteiger partial charge is 0.323 e. The Bertz CT molecular complexity index is 344. The van der Waals surface area contributed by atoms with Crippen LogP contribution in [0, 0.1) is 17.8 Å². The molecule has 4 atom stereocenters. The molecule has 0 aliphatic heterocycles. The maximum Gasteiger partial charge on any atom is 0.323 e. The zero-order valence-electron chi connectivity index (χ0n) is 12.8. The molecule has 3 unspecified atom stereocenters. The lowest BCUT2D eigenvalue weighted by Crippen LogP contribution is -2.41. The summed E-state index contributed by atoms with van der Waals surface area (Å²) in [6, 6.07) is -0.757. The Hall–Kier alpha value is -1.10. The molecule has 0 aromatic rings.